The van der Waals surface area contributed by atoms with Gasteiger partial charge in [0.05, 0.1) is 4.88 Å². The normalized spacial score (nSPS) is 10.0. The number of thiophene rings is 1. The molecule has 0 radical (unpaired) electrons. The standard InChI is InChI=1S/C8H8BrN3OS.ClH/c9-5-3-6(14-4-5)8-11-7(1-2-10)13-12-8;/h3-4H,1-2,10H2;1H. The fraction of sp³-hybridized carbons (Fsp3) is 0.250. The van der Waals surface area contributed by atoms with Gasteiger partial charge >= 0.3 is 0 Å². The van der Waals surface area contributed by atoms with E-state index in [1.54, 1.807) is 11.3 Å². The maximum atomic E-state index is 5.38. The predicted octanol–water partition coefficient (Wildman–Crippen LogP) is 2.48. The number of aromatic nitrogens is 2. The van der Waals surface area contributed by atoms with Crippen molar-refractivity contribution in [1.29, 1.82) is 0 Å². The molecule has 15 heavy (non-hydrogen) atoms. The molecule has 82 valence electrons. The van der Waals surface area contributed by atoms with Crippen LogP contribution < -0.4 is 5.73 Å². The van der Waals surface area contributed by atoms with Crippen molar-refractivity contribution in [2.45, 2.75) is 6.42 Å². The number of hydrogen-bond donors (Lipinski definition) is 1. The zero-order valence-electron chi connectivity index (χ0n) is 7.64. The molecule has 2 rings (SSSR count). The summed E-state index contributed by atoms with van der Waals surface area (Å²) in [6, 6.07) is 1.96. The summed E-state index contributed by atoms with van der Waals surface area (Å²) in [5.41, 5.74) is 5.38. The number of hydrogen-bond acceptors (Lipinski definition) is 5. The highest BCUT2D eigenvalue weighted by Gasteiger charge is 2.09. The summed E-state index contributed by atoms with van der Waals surface area (Å²) in [7, 11) is 0. The van der Waals surface area contributed by atoms with E-state index < -0.39 is 0 Å². The van der Waals surface area contributed by atoms with Crippen molar-refractivity contribution in [2.75, 3.05) is 6.54 Å². The Morgan fingerprint density at radius 1 is 1.53 bits per heavy atom. The summed E-state index contributed by atoms with van der Waals surface area (Å²) in [5.74, 6) is 1.22. The van der Waals surface area contributed by atoms with Crippen LogP contribution in [0.4, 0.5) is 0 Å². The molecular formula is C8H9BrClN3OS. The van der Waals surface area contributed by atoms with E-state index in [1.165, 1.54) is 0 Å². The third-order valence-electron chi connectivity index (χ3n) is 1.61. The molecule has 7 heteroatoms. The second kappa shape index (κ2) is 5.60. The lowest BCUT2D eigenvalue weighted by molar-refractivity contribution is 0.380. The van der Waals surface area contributed by atoms with Gasteiger partial charge in [0, 0.05) is 22.8 Å². The fourth-order valence-electron chi connectivity index (χ4n) is 1.01. The molecule has 4 nitrogen and oxygen atoms in total. The van der Waals surface area contributed by atoms with Crippen LogP contribution in [0.3, 0.4) is 0 Å². The molecule has 2 aromatic heterocycles. The van der Waals surface area contributed by atoms with E-state index >= 15 is 0 Å². The lowest BCUT2D eigenvalue weighted by Crippen LogP contribution is -2.02. The Bertz CT molecular complexity index is 431. The Hall–Kier alpha value is -0.430. The van der Waals surface area contributed by atoms with Crippen LogP contribution in [0, 0.1) is 0 Å². The first-order valence-corrected chi connectivity index (χ1v) is 5.74. The molecule has 2 heterocycles. The molecule has 0 bridgehead atoms. The number of nitrogens with two attached hydrogens (primary N) is 1. The molecule has 0 saturated carbocycles. The smallest absolute Gasteiger partial charge is 0.228 e. The van der Waals surface area contributed by atoms with Crippen LogP contribution in [0.1, 0.15) is 5.89 Å². The van der Waals surface area contributed by atoms with Gasteiger partial charge in [-0.05, 0) is 22.0 Å². The molecule has 0 aliphatic rings. The Morgan fingerprint density at radius 2 is 2.33 bits per heavy atom. The minimum atomic E-state index is 0. The Kier molecular flexibility index (Phi) is 4.72. The van der Waals surface area contributed by atoms with Gasteiger partial charge in [0.2, 0.25) is 11.7 Å². The third-order valence-corrected chi connectivity index (χ3v) is 3.30. The minimum Gasteiger partial charge on any atom is -0.339 e. The zero-order valence-corrected chi connectivity index (χ0v) is 10.9. The van der Waals surface area contributed by atoms with Crippen LogP contribution in [0.5, 0.6) is 0 Å². The van der Waals surface area contributed by atoms with Crippen molar-refractivity contribution in [2.24, 2.45) is 5.73 Å². The van der Waals surface area contributed by atoms with E-state index in [0.717, 1.165) is 9.35 Å². The van der Waals surface area contributed by atoms with Gasteiger partial charge < -0.3 is 10.3 Å². The predicted molar refractivity (Wildman–Crippen MR) is 65.3 cm³/mol. The summed E-state index contributed by atoms with van der Waals surface area (Å²) in [4.78, 5) is 5.21. The topological polar surface area (TPSA) is 64.9 Å². The second-order valence-electron chi connectivity index (χ2n) is 2.68. The summed E-state index contributed by atoms with van der Waals surface area (Å²) in [6.07, 6.45) is 0.625. The number of halogens is 2. The fourth-order valence-corrected chi connectivity index (χ4v) is 2.36. The Labute approximate surface area is 105 Å². The van der Waals surface area contributed by atoms with Crippen molar-refractivity contribution in [3.8, 4) is 10.7 Å². The number of rotatable bonds is 3. The third kappa shape index (κ3) is 3.01. The Morgan fingerprint density at radius 3 is 2.93 bits per heavy atom. The van der Waals surface area contributed by atoms with Gasteiger partial charge in [0.15, 0.2) is 0 Å². The van der Waals surface area contributed by atoms with Gasteiger partial charge in [-0.3, -0.25) is 0 Å². The van der Waals surface area contributed by atoms with Gasteiger partial charge in [-0.1, -0.05) is 5.16 Å². The van der Waals surface area contributed by atoms with Crippen molar-refractivity contribution in [1.82, 2.24) is 10.1 Å². The van der Waals surface area contributed by atoms with Crippen LogP contribution in [0.25, 0.3) is 10.7 Å². The maximum Gasteiger partial charge on any atom is 0.228 e. The Balaban J connectivity index is 0.00000112. The average molecular weight is 311 g/mol. The molecule has 0 atom stereocenters. The van der Waals surface area contributed by atoms with E-state index in [1.807, 2.05) is 11.4 Å². The highest BCUT2D eigenvalue weighted by Crippen LogP contribution is 2.27. The first kappa shape index (κ1) is 12.6. The van der Waals surface area contributed by atoms with Crippen molar-refractivity contribution in [3.05, 3.63) is 21.8 Å². The van der Waals surface area contributed by atoms with Crippen LogP contribution in [0.2, 0.25) is 0 Å². The van der Waals surface area contributed by atoms with E-state index in [9.17, 15) is 0 Å². The lowest BCUT2D eigenvalue weighted by atomic mass is 10.4. The zero-order chi connectivity index (χ0) is 9.97. The monoisotopic (exact) mass is 309 g/mol. The van der Waals surface area contributed by atoms with E-state index in [4.69, 9.17) is 10.3 Å². The number of nitrogens with zero attached hydrogens (tertiary/aromatic N) is 2. The molecule has 0 spiro atoms. The van der Waals surface area contributed by atoms with Crippen molar-refractivity contribution >= 4 is 39.7 Å². The van der Waals surface area contributed by atoms with E-state index in [0.29, 0.717) is 24.7 Å². The van der Waals surface area contributed by atoms with Gasteiger partial charge in [-0.25, -0.2) is 0 Å². The van der Waals surface area contributed by atoms with E-state index in [-0.39, 0.29) is 12.4 Å². The van der Waals surface area contributed by atoms with Crippen LogP contribution in [-0.2, 0) is 6.42 Å². The van der Waals surface area contributed by atoms with Crippen molar-refractivity contribution < 1.29 is 4.52 Å². The summed E-state index contributed by atoms with van der Waals surface area (Å²) < 4.78 is 6.05. The molecule has 0 aliphatic carbocycles. The van der Waals surface area contributed by atoms with Crippen molar-refractivity contribution in [3.63, 3.8) is 0 Å². The molecule has 2 N–H and O–H groups in total. The lowest BCUT2D eigenvalue weighted by Gasteiger charge is -1.84. The highest BCUT2D eigenvalue weighted by molar-refractivity contribution is 9.10. The SMILES string of the molecule is Cl.NCCc1nc(-c2cc(Br)cs2)no1. The summed E-state index contributed by atoms with van der Waals surface area (Å²) in [5, 5.41) is 5.85. The van der Waals surface area contributed by atoms with Crippen LogP contribution >= 0.6 is 39.7 Å². The molecule has 2 aromatic rings. The van der Waals surface area contributed by atoms with Gasteiger partial charge in [-0.15, -0.1) is 23.7 Å². The maximum absolute atomic E-state index is 5.38. The molecule has 0 fully saturated rings. The first-order valence-electron chi connectivity index (χ1n) is 4.06. The molecule has 0 amide bonds. The quantitative estimate of drug-likeness (QED) is 0.946. The molecule has 0 aromatic carbocycles. The summed E-state index contributed by atoms with van der Waals surface area (Å²) >= 11 is 4.94. The second-order valence-corrected chi connectivity index (χ2v) is 4.51. The van der Waals surface area contributed by atoms with E-state index in [2.05, 4.69) is 26.1 Å². The molecule has 0 aliphatic heterocycles. The van der Waals surface area contributed by atoms with Gasteiger partial charge in [0.25, 0.3) is 0 Å². The molecule has 0 unspecified atom stereocenters. The van der Waals surface area contributed by atoms with Crippen LogP contribution in [-0.4, -0.2) is 16.7 Å². The minimum absolute atomic E-state index is 0. The van der Waals surface area contributed by atoms with Crippen LogP contribution in [0.15, 0.2) is 20.4 Å². The summed E-state index contributed by atoms with van der Waals surface area (Å²) in [6.45, 7) is 0.524. The molecular weight excluding hydrogens is 302 g/mol. The average Bonchev–Trinajstić information content (AvgIpc) is 2.74. The highest BCUT2D eigenvalue weighted by atomic mass is 79.9. The van der Waals surface area contributed by atoms with Gasteiger partial charge in [-0.2, -0.15) is 4.98 Å². The largest absolute Gasteiger partial charge is 0.339 e. The van der Waals surface area contributed by atoms with Gasteiger partial charge in [0.1, 0.15) is 0 Å². The molecule has 0 saturated heterocycles. The first-order chi connectivity index (χ1) is 6.79.